The Bertz CT molecular complexity index is 710. The predicted molar refractivity (Wildman–Crippen MR) is 82.1 cm³/mol. The number of rotatable bonds is 4. The number of primary amides is 1. The summed E-state index contributed by atoms with van der Waals surface area (Å²) < 4.78 is 15.4. The molecule has 1 aromatic carbocycles. The zero-order valence-corrected chi connectivity index (χ0v) is 13.5. The van der Waals surface area contributed by atoms with E-state index < -0.39 is 22.6 Å². The van der Waals surface area contributed by atoms with E-state index in [-0.39, 0.29) is 11.4 Å². The number of halogens is 3. The second kappa shape index (κ2) is 5.46. The molecule has 0 bridgehead atoms. The molecule has 0 aliphatic rings. The molecule has 0 radical (unpaired) electrons. The second-order valence-corrected chi connectivity index (χ2v) is 6.69. The molecule has 4 nitrogen and oxygen atoms in total. The van der Waals surface area contributed by atoms with E-state index in [1.54, 1.807) is 11.5 Å². The number of aromatic nitrogens is 2. The number of carbonyl (C=O) groups excluding carboxylic acids is 1. The largest absolute Gasteiger partial charge is 0.370 e. The van der Waals surface area contributed by atoms with Gasteiger partial charge in [-0.15, -0.1) is 11.6 Å². The Labute approximate surface area is 132 Å². The third-order valence-electron chi connectivity index (χ3n) is 3.29. The summed E-state index contributed by atoms with van der Waals surface area (Å²) in [4.78, 5) is 15.7. The predicted octanol–water partition coefficient (Wildman–Crippen LogP) is 3.74. The van der Waals surface area contributed by atoms with Gasteiger partial charge in [-0.1, -0.05) is 11.6 Å². The number of hydrogen-bond donors (Lipinski definition) is 1. The summed E-state index contributed by atoms with van der Waals surface area (Å²) in [6, 6.07) is 2.75. The van der Waals surface area contributed by atoms with Gasteiger partial charge < -0.3 is 10.3 Å². The van der Waals surface area contributed by atoms with Crippen molar-refractivity contribution in [3.8, 4) is 0 Å². The summed E-state index contributed by atoms with van der Waals surface area (Å²) in [6.45, 7) is 5.45. The van der Waals surface area contributed by atoms with E-state index in [0.29, 0.717) is 16.9 Å². The van der Waals surface area contributed by atoms with Crippen LogP contribution in [0, 0.1) is 5.82 Å². The summed E-state index contributed by atoms with van der Waals surface area (Å²) in [7, 11) is 0. The van der Waals surface area contributed by atoms with Gasteiger partial charge in [0.1, 0.15) is 11.6 Å². The van der Waals surface area contributed by atoms with Gasteiger partial charge in [-0.25, -0.2) is 9.37 Å². The highest BCUT2D eigenvalue weighted by Crippen LogP contribution is 2.34. The molecule has 0 aliphatic carbocycles. The second-order valence-electron chi connectivity index (χ2n) is 5.63. The number of fused-ring (bicyclic) bond motifs is 1. The third-order valence-corrected chi connectivity index (χ3v) is 3.78. The Morgan fingerprint density at radius 3 is 2.67 bits per heavy atom. The van der Waals surface area contributed by atoms with Crippen LogP contribution in [-0.4, -0.2) is 15.5 Å². The minimum Gasteiger partial charge on any atom is -0.370 e. The Kier molecular flexibility index (Phi) is 4.17. The highest BCUT2D eigenvalue weighted by atomic mass is 35.5. The first kappa shape index (κ1) is 16.0. The summed E-state index contributed by atoms with van der Waals surface area (Å²) >= 11 is 12.0. The van der Waals surface area contributed by atoms with Crippen molar-refractivity contribution in [2.45, 2.75) is 38.1 Å². The molecule has 2 aromatic rings. The smallest absolute Gasteiger partial charge is 0.219 e. The van der Waals surface area contributed by atoms with Crippen molar-refractivity contribution >= 4 is 40.1 Å². The molecule has 1 atom stereocenters. The number of imidazole rings is 1. The Morgan fingerprint density at radius 2 is 2.14 bits per heavy atom. The quantitative estimate of drug-likeness (QED) is 0.867. The number of carbonyl (C=O) groups is 1. The highest BCUT2D eigenvalue weighted by Gasteiger charge is 2.30. The molecule has 0 aliphatic heterocycles. The number of benzene rings is 1. The van der Waals surface area contributed by atoms with Crippen LogP contribution in [0.15, 0.2) is 12.1 Å². The molecule has 2 N–H and O–H groups in total. The van der Waals surface area contributed by atoms with Crippen LogP contribution in [-0.2, 0) is 10.3 Å². The van der Waals surface area contributed by atoms with Gasteiger partial charge in [0.15, 0.2) is 0 Å². The number of hydrogen-bond acceptors (Lipinski definition) is 2. The lowest BCUT2D eigenvalue weighted by Gasteiger charge is -2.29. The van der Waals surface area contributed by atoms with Crippen molar-refractivity contribution in [2.24, 2.45) is 5.73 Å². The zero-order chi connectivity index (χ0) is 15.9. The lowest BCUT2D eigenvalue weighted by atomic mass is 9.99. The van der Waals surface area contributed by atoms with Gasteiger partial charge in [0.2, 0.25) is 5.91 Å². The first-order valence-corrected chi connectivity index (χ1v) is 7.25. The third kappa shape index (κ3) is 2.99. The summed E-state index contributed by atoms with van der Waals surface area (Å²) in [6.07, 6.45) is 0.101. The Hall–Kier alpha value is -1.33. The highest BCUT2D eigenvalue weighted by molar-refractivity contribution is 6.31. The van der Waals surface area contributed by atoms with Crippen molar-refractivity contribution in [1.82, 2.24) is 9.55 Å². The lowest BCUT2D eigenvalue weighted by molar-refractivity contribution is -0.119. The van der Waals surface area contributed by atoms with Crippen molar-refractivity contribution in [1.29, 1.82) is 0 Å². The van der Waals surface area contributed by atoms with E-state index in [0.717, 1.165) is 0 Å². The molecule has 0 spiro atoms. The van der Waals surface area contributed by atoms with Crippen molar-refractivity contribution in [3.05, 3.63) is 28.8 Å². The van der Waals surface area contributed by atoms with E-state index in [1.807, 2.05) is 13.8 Å². The summed E-state index contributed by atoms with van der Waals surface area (Å²) in [5, 5.41) is -0.418. The van der Waals surface area contributed by atoms with E-state index in [4.69, 9.17) is 28.9 Å². The summed E-state index contributed by atoms with van der Waals surface area (Å²) in [5.41, 5.74) is 5.73. The molecule has 2 rings (SSSR count). The van der Waals surface area contributed by atoms with E-state index >= 15 is 0 Å². The minimum absolute atomic E-state index is 0.00713. The molecular weight excluding hydrogens is 316 g/mol. The molecule has 1 amide bonds. The standard InChI is InChI=1S/C14H16Cl2FN3O/c1-7(15)13-19-10-5-9(17)8(16)4-11(10)20(13)14(2,3)6-12(18)21/h4-5,7H,6H2,1-3H3,(H2,18,21). The molecular formula is C14H16Cl2FN3O. The van der Waals surface area contributed by atoms with Crippen molar-refractivity contribution in [3.63, 3.8) is 0 Å². The number of nitrogens with two attached hydrogens (primary N) is 1. The topological polar surface area (TPSA) is 60.9 Å². The average Bonchev–Trinajstić information content (AvgIpc) is 2.67. The Balaban J connectivity index is 2.77. The maximum absolute atomic E-state index is 13.6. The number of nitrogens with zero attached hydrogens (tertiary/aromatic N) is 2. The van der Waals surface area contributed by atoms with Crippen LogP contribution < -0.4 is 5.73 Å². The monoisotopic (exact) mass is 331 g/mol. The molecule has 0 saturated heterocycles. The molecule has 0 fully saturated rings. The van der Waals surface area contributed by atoms with Gasteiger partial charge >= 0.3 is 0 Å². The first-order chi connectivity index (χ1) is 9.63. The van der Waals surface area contributed by atoms with E-state index in [9.17, 15) is 9.18 Å². The van der Waals surface area contributed by atoms with Crippen LogP contribution in [0.25, 0.3) is 11.0 Å². The van der Waals surface area contributed by atoms with Gasteiger partial charge in [-0.3, -0.25) is 4.79 Å². The number of alkyl halides is 1. The SMILES string of the molecule is CC(Cl)c1nc2cc(F)c(Cl)cc2n1C(C)(C)CC(N)=O. The van der Waals surface area contributed by atoms with Crippen LogP contribution in [0.5, 0.6) is 0 Å². The molecule has 1 heterocycles. The fourth-order valence-electron chi connectivity index (χ4n) is 2.50. The van der Waals surface area contributed by atoms with Crippen LogP contribution in [0.3, 0.4) is 0 Å². The zero-order valence-electron chi connectivity index (χ0n) is 12.0. The average molecular weight is 332 g/mol. The summed E-state index contributed by atoms with van der Waals surface area (Å²) in [5.74, 6) is -0.446. The molecule has 0 saturated carbocycles. The molecule has 1 aromatic heterocycles. The molecule has 21 heavy (non-hydrogen) atoms. The fraction of sp³-hybridized carbons (Fsp3) is 0.429. The molecule has 114 valence electrons. The Morgan fingerprint density at radius 1 is 1.52 bits per heavy atom. The van der Waals surface area contributed by atoms with Crippen molar-refractivity contribution < 1.29 is 9.18 Å². The van der Waals surface area contributed by atoms with Crippen LogP contribution in [0.2, 0.25) is 5.02 Å². The van der Waals surface area contributed by atoms with Gasteiger partial charge in [0, 0.05) is 18.0 Å². The normalized spacial score (nSPS) is 13.6. The van der Waals surface area contributed by atoms with Crippen LogP contribution in [0.1, 0.15) is 38.4 Å². The van der Waals surface area contributed by atoms with Gasteiger partial charge in [0.05, 0.1) is 21.4 Å². The molecule has 7 heteroatoms. The number of amides is 1. The van der Waals surface area contributed by atoms with Gasteiger partial charge in [-0.05, 0) is 26.8 Å². The van der Waals surface area contributed by atoms with Crippen LogP contribution >= 0.6 is 23.2 Å². The van der Waals surface area contributed by atoms with Crippen molar-refractivity contribution in [2.75, 3.05) is 0 Å². The fourth-order valence-corrected chi connectivity index (χ4v) is 2.80. The van der Waals surface area contributed by atoms with Gasteiger partial charge in [-0.2, -0.15) is 0 Å². The maximum atomic E-state index is 13.6. The minimum atomic E-state index is -0.653. The van der Waals surface area contributed by atoms with Crippen LogP contribution in [0.4, 0.5) is 4.39 Å². The van der Waals surface area contributed by atoms with Gasteiger partial charge in [0.25, 0.3) is 0 Å². The lowest BCUT2D eigenvalue weighted by Crippen LogP contribution is -2.33. The maximum Gasteiger partial charge on any atom is 0.219 e. The molecule has 1 unspecified atom stereocenters. The first-order valence-electron chi connectivity index (χ1n) is 6.43. The van der Waals surface area contributed by atoms with E-state index in [1.165, 1.54) is 12.1 Å². The van der Waals surface area contributed by atoms with E-state index in [2.05, 4.69) is 4.98 Å².